The van der Waals surface area contributed by atoms with Gasteiger partial charge in [0.1, 0.15) is 33.3 Å². The third kappa shape index (κ3) is 8.80. The van der Waals surface area contributed by atoms with Gasteiger partial charge in [0.05, 0.1) is 12.1 Å². The largest absolute Gasteiger partial charge is 0.346 e. The molecule has 0 fully saturated rings. The van der Waals surface area contributed by atoms with Gasteiger partial charge in [0, 0.05) is 24.0 Å². The summed E-state index contributed by atoms with van der Waals surface area (Å²) in [6.07, 6.45) is 0.916. The molecule has 2 amide bonds. The van der Waals surface area contributed by atoms with Crippen LogP contribution in [-0.2, 0) is 9.59 Å². The molecule has 2 atom stereocenters. The van der Waals surface area contributed by atoms with Crippen LogP contribution in [0.3, 0.4) is 0 Å². The Kier molecular flexibility index (Phi) is 11.7. The molecule has 2 unspecified atom stereocenters. The lowest BCUT2D eigenvalue weighted by atomic mass is 10.0. The highest BCUT2D eigenvalue weighted by molar-refractivity contribution is 6.32. The Morgan fingerprint density at radius 3 is 1.17 bits per heavy atom. The predicted molar refractivity (Wildman–Crippen MR) is 187 cm³/mol. The van der Waals surface area contributed by atoms with Crippen LogP contribution in [0.2, 0.25) is 10.3 Å². The van der Waals surface area contributed by atoms with E-state index in [9.17, 15) is 9.59 Å². The van der Waals surface area contributed by atoms with Crippen molar-refractivity contribution in [3.63, 3.8) is 0 Å². The summed E-state index contributed by atoms with van der Waals surface area (Å²) >= 11 is 13.2. The maximum atomic E-state index is 12.5. The second-order valence-corrected chi connectivity index (χ2v) is 14.3. The molecule has 46 heavy (non-hydrogen) atoms. The van der Waals surface area contributed by atoms with Crippen LogP contribution in [-0.4, -0.2) is 31.8 Å². The maximum absolute atomic E-state index is 12.5. The van der Waals surface area contributed by atoms with Crippen molar-refractivity contribution in [3.05, 3.63) is 70.5 Å². The van der Waals surface area contributed by atoms with Gasteiger partial charge in [0.15, 0.2) is 0 Å². The number of halogens is 2. The minimum atomic E-state index is -0.269. The highest BCUT2D eigenvalue weighted by Gasteiger charge is 2.25. The Morgan fingerprint density at radius 1 is 0.587 bits per heavy atom. The van der Waals surface area contributed by atoms with E-state index in [1.54, 1.807) is 0 Å². The summed E-state index contributed by atoms with van der Waals surface area (Å²) in [6, 6.07) is 15.6. The lowest BCUT2D eigenvalue weighted by molar-refractivity contribution is -0.123. The lowest BCUT2D eigenvalue weighted by Crippen LogP contribution is -2.33. The highest BCUT2D eigenvalue weighted by Crippen LogP contribution is 2.34. The fourth-order valence-corrected chi connectivity index (χ4v) is 5.86. The van der Waals surface area contributed by atoms with Crippen LogP contribution in [0.1, 0.15) is 92.0 Å². The van der Waals surface area contributed by atoms with Gasteiger partial charge in [-0.1, -0.05) is 127 Å². The second-order valence-electron chi connectivity index (χ2n) is 13.5. The smallest absolute Gasteiger partial charge is 0.220 e. The Morgan fingerprint density at radius 2 is 0.891 bits per heavy atom. The van der Waals surface area contributed by atoms with Gasteiger partial charge in [-0.05, 0) is 34.8 Å². The number of amides is 2. The van der Waals surface area contributed by atoms with Crippen LogP contribution in [0.4, 0.5) is 0 Å². The molecule has 2 aromatic heterocycles. The zero-order valence-corrected chi connectivity index (χ0v) is 29.5. The summed E-state index contributed by atoms with van der Waals surface area (Å²) in [4.78, 5) is 41.0. The minimum absolute atomic E-state index is 0.00139. The first-order valence-electron chi connectivity index (χ1n) is 16.0. The molecule has 0 aliphatic rings. The molecule has 0 aliphatic carbocycles. The molecule has 0 radical (unpaired) electrons. The topological polar surface area (TPSA) is 116 Å². The first-order valence-corrected chi connectivity index (χ1v) is 16.8. The fourth-order valence-electron chi connectivity index (χ4n) is 5.36. The number of H-pyrrole nitrogens is 2. The summed E-state index contributed by atoms with van der Waals surface area (Å²) in [6.45, 7) is 16.3. The zero-order valence-electron chi connectivity index (χ0n) is 28.0. The van der Waals surface area contributed by atoms with E-state index in [0.717, 1.165) is 22.3 Å². The molecule has 4 aromatic rings. The Hall–Kier alpha value is -3.62. The number of benzene rings is 2. The van der Waals surface area contributed by atoms with Gasteiger partial charge in [-0.25, -0.2) is 9.97 Å². The van der Waals surface area contributed by atoms with E-state index in [-0.39, 0.29) is 47.6 Å². The fraction of sp³-hybridized carbons (Fsp3) is 0.444. The van der Waals surface area contributed by atoms with Crippen molar-refractivity contribution in [1.82, 2.24) is 30.6 Å². The quantitative estimate of drug-likeness (QED) is 0.114. The average Bonchev–Trinajstić information content (AvgIpc) is 3.56. The van der Waals surface area contributed by atoms with Gasteiger partial charge in [0.25, 0.3) is 0 Å². The van der Waals surface area contributed by atoms with E-state index < -0.39 is 0 Å². The zero-order chi connectivity index (χ0) is 33.7. The number of hydrogen-bond donors (Lipinski definition) is 4. The first kappa shape index (κ1) is 35.2. The van der Waals surface area contributed by atoms with Crippen LogP contribution in [0, 0.1) is 23.7 Å². The molecular weight excluding hydrogens is 619 g/mol. The van der Waals surface area contributed by atoms with Crippen LogP contribution in [0.5, 0.6) is 0 Å². The predicted octanol–water partition coefficient (Wildman–Crippen LogP) is 9.16. The van der Waals surface area contributed by atoms with Gasteiger partial charge < -0.3 is 20.6 Å². The monoisotopic (exact) mass is 664 g/mol. The van der Waals surface area contributed by atoms with Crippen molar-refractivity contribution in [3.8, 4) is 33.6 Å². The summed E-state index contributed by atoms with van der Waals surface area (Å²) in [5.41, 5.74) is 5.10. The van der Waals surface area contributed by atoms with Crippen molar-refractivity contribution < 1.29 is 9.59 Å². The number of aromatic amines is 2. The van der Waals surface area contributed by atoms with Crippen molar-refractivity contribution in [2.75, 3.05) is 0 Å². The standard InChI is InChI=1S/C36H46Cl2N6O2/c1-19(2)17-27(45)39-29(21(5)6)35-41-31(33(37)43-35)25-13-9-23(10-14-25)24-11-15-26(16-12-24)32-34(38)44-36(42-32)30(22(7)8)40-28(46)18-20(3)4/h9-16,19-22,29-30H,17-18H2,1-8H3,(H,39,45)(H,40,46)(H,41,43)(H,42,44). The van der Waals surface area contributed by atoms with Crippen LogP contribution >= 0.6 is 23.2 Å². The molecule has 0 bridgehead atoms. The minimum Gasteiger partial charge on any atom is -0.346 e. The van der Waals surface area contributed by atoms with Crippen LogP contribution < -0.4 is 10.6 Å². The van der Waals surface area contributed by atoms with Gasteiger partial charge in [-0.15, -0.1) is 0 Å². The van der Waals surface area contributed by atoms with E-state index >= 15 is 0 Å². The first-order chi connectivity index (χ1) is 21.7. The number of hydrogen-bond acceptors (Lipinski definition) is 4. The van der Waals surface area contributed by atoms with Crippen molar-refractivity contribution in [1.29, 1.82) is 0 Å². The van der Waals surface area contributed by atoms with Crippen molar-refractivity contribution >= 4 is 35.0 Å². The van der Waals surface area contributed by atoms with E-state index in [0.29, 0.717) is 46.2 Å². The highest BCUT2D eigenvalue weighted by atomic mass is 35.5. The summed E-state index contributed by atoms with van der Waals surface area (Å²) in [5, 5.41) is 7.09. The molecule has 10 heteroatoms. The van der Waals surface area contributed by atoms with E-state index in [1.165, 1.54) is 0 Å². The molecule has 4 N–H and O–H groups in total. The lowest BCUT2D eigenvalue weighted by Gasteiger charge is -2.21. The van der Waals surface area contributed by atoms with Gasteiger partial charge in [-0.2, -0.15) is 0 Å². The maximum Gasteiger partial charge on any atom is 0.220 e. The number of aromatic nitrogens is 4. The number of carbonyl (C=O) groups is 2. The van der Waals surface area contributed by atoms with Gasteiger partial charge >= 0.3 is 0 Å². The third-order valence-corrected chi connectivity index (χ3v) is 8.30. The normalized spacial score (nSPS) is 13.1. The van der Waals surface area contributed by atoms with E-state index in [1.807, 2.05) is 104 Å². The molecule has 246 valence electrons. The summed E-state index contributed by atoms with van der Waals surface area (Å²) in [5.74, 6) is 2.09. The van der Waals surface area contributed by atoms with E-state index in [4.69, 9.17) is 33.2 Å². The summed E-state index contributed by atoms with van der Waals surface area (Å²) in [7, 11) is 0. The molecule has 0 spiro atoms. The number of rotatable bonds is 13. The second kappa shape index (κ2) is 15.3. The molecule has 2 aromatic carbocycles. The van der Waals surface area contributed by atoms with Crippen molar-refractivity contribution in [2.24, 2.45) is 23.7 Å². The Bertz CT molecular complexity index is 1500. The molecule has 0 saturated heterocycles. The molecule has 8 nitrogen and oxygen atoms in total. The number of nitrogens with zero attached hydrogens (tertiary/aromatic N) is 2. The van der Waals surface area contributed by atoms with Crippen LogP contribution in [0.15, 0.2) is 48.5 Å². The third-order valence-electron chi connectivity index (χ3n) is 7.75. The van der Waals surface area contributed by atoms with Crippen LogP contribution in [0.25, 0.3) is 33.6 Å². The molecular formula is C36H46Cl2N6O2. The Balaban J connectivity index is 1.50. The molecule has 0 saturated carbocycles. The number of nitrogens with one attached hydrogen (secondary N) is 4. The molecule has 2 heterocycles. The number of imidazole rings is 2. The number of carbonyl (C=O) groups excluding carboxylic acids is 2. The van der Waals surface area contributed by atoms with Crippen molar-refractivity contribution in [2.45, 2.75) is 80.3 Å². The molecule has 0 aliphatic heterocycles. The SMILES string of the molecule is CC(C)CC(=O)NC(c1nc(-c2ccc(-c3ccc(-c4nc(C(NC(=O)CC(C)C)C(C)C)[nH]c4Cl)cc3)cc2)c(Cl)[nH]1)C(C)C. The summed E-state index contributed by atoms with van der Waals surface area (Å²) < 4.78 is 0. The van der Waals surface area contributed by atoms with E-state index in [2.05, 4.69) is 20.6 Å². The van der Waals surface area contributed by atoms with Gasteiger partial charge in [-0.3, -0.25) is 9.59 Å². The van der Waals surface area contributed by atoms with Gasteiger partial charge in [0.2, 0.25) is 11.8 Å². The average molecular weight is 666 g/mol. The Labute approximate surface area is 282 Å². The molecule has 4 rings (SSSR count).